The molecule has 0 bridgehead atoms. The molecule has 0 fully saturated rings. The van der Waals surface area contributed by atoms with E-state index in [1.54, 1.807) is 0 Å². The molecule has 2 N–H and O–H groups in total. The summed E-state index contributed by atoms with van der Waals surface area (Å²) in [5.74, 6) is -0.493. The molecule has 0 saturated heterocycles. The Balaban J connectivity index is 2.64. The molecule has 1 amide bonds. The van der Waals surface area contributed by atoms with Gasteiger partial charge in [0.15, 0.2) is 0 Å². The summed E-state index contributed by atoms with van der Waals surface area (Å²) in [4.78, 5) is 22.0. The van der Waals surface area contributed by atoms with Crippen molar-refractivity contribution in [3.8, 4) is 0 Å². The van der Waals surface area contributed by atoms with Crippen LogP contribution in [0.2, 0.25) is 5.02 Å². The summed E-state index contributed by atoms with van der Waals surface area (Å²) in [5.41, 5.74) is -0.308. The zero-order chi connectivity index (χ0) is 14.3. The molecule has 19 heavy (non-hydrogen) atoms. The molecule has 0 atom stereocenters. The van der Waals surface area contributed by atoms with Crippen LogP contribution < -0.4 is 5.32 Å². The van der Waals surface area contributed by atoms with Crippen molar-refractivity contribution in [2.75, 3.05) is 13.2 Å². The normalized spacial score (nSPS) is 10.2. The van der Waals surface area contributed by atoms with Crippen molar-refractivity contribution in [3.63, 3.8) is 0 Å². The molecule has 7 heteroatoms. The lowest BCUT2D eigenvalue weighted by molar-refractivity contribution is -0.385. The maximum absolute atomic E-state index is 11.8. The molecule has 0 aliphatic carbocycles. The van der Waals surface area contributed by atoms with Crippen LogP contribution in [0.5, 0.6) is 0 Å². The number of aliphatic hydroxyl groups excluding tert-OH is 1. The molecule has 6 nitrogen and oxygen atoms in total. The number of benzene rings is 1. The number of nitro groups is 1. The van der Waals surface area contributed by atoms with Crippen LogP contribution in [0.25, 0.3) is 0 Å². The standard InChI is InChI=1S/C12H15ClN2O4/c13-9-4-5-10(11(8-9)15(18)19)12(17)14-6-2-1-3-7-16/h4-5,8,16H,1-3,6-7H2,(H,14,17). The van der Waals surface area contributed by atoms with Gasteiger partial charge in [-0.3, -0.25) is 14.9 Å². The molecule has 0 aliphatic rings. The summed E-state index contributed by atoms with van der Waals surface area (Å²) in [5, 5.41) is 22.3. The van der Waals surface area contributed by atoms with E-state index in [0.29, 0.717) is 19.4 Å². The van der Waals surface area contributed by atoms with Crippen LogP contribution >= 0.6 is 11.6 Å². The first kappa shape index (κ1) is 15.4. The number of carbonyl (C=O) groups excluding carboxylic acids is 1. The van der Waals surface area contributed by atoms with Crippen LogP contribution in [0.15, 0.2) is 18.2 Å². The Hall–Kier alpha value is -1.66. The van der Waals surface area contributed by atoms with Crippen LogP contribution in [-0.4, -0.2) is 29.1 Å². The second-order valence-electron chi connectivity index (χ2n) is 3.96. The van der Waals surface area contributed by atoms with Crippen LogP contribution in [0, 0.1) is 10.1 Å². The number of halogens is 1. The van der Waals surface area contributed by atoms with E-state index in [0.717, 1.165) is 12.5 Å². The van der Waals surface area contributed by atoms with Crippen LogP contribution in [0.4, 0.5) is 5.69 Å². The van der Waals surface area contributed by atoms with Gasteiger partial charge in [0, 0.05) is 24.2 Å². The van der Waals surface area contributed by atoms with E-state index < -0.39 is 10.8 Å². The number of carbonyl (C=O) groups is 1. The van der Waals surface area contributed by atoms with Gasteiger partial charge in [-0.1, -0.05) is 11.6 Å². The Labute approximate surface area is 115 Å². The summed E-state index contributed by atoms with van der Waals surface area (Å²) < 4.78 is 0. The monoisotopic (exact) mass is 286 g/mol. The highest BCUT2D eigenvalue weighted by Crippen LogP contribution is 2.23. The minimum Gasteiger partial charge on any atom is -0.396 e. The van der Waals surface area contributed by atoms with Crippen LogP contribution in [0.3, 0.4) is 0 Å². The quantitative estimate of drug-likeness (QED) is 0.456. The number of amides is 1. The highest BCUT2D eigenvalue weighted by molar-refractivity contribution is 6.31. The Kier molecular flexibility index (Phi) is 6.24. The summed E-state index contributed by atoms with van der Waals surface area (Å²) in [6.07, 6.45) is 2.18. The van der Waals surface area contributed by atoms with E-state index in [2.05, 4.69) is 5.32 Å². The molecule has 0 aliphatic heterocycles. The zero-order valence-electron chi connectivity index (χ0n) is 10.3. The van der Waals surface area contributed by atoms with Crippen LogP contribution in [0.1, 0.15) is 29.6 Å². The molecule has 1 rings (SSSR count). The highest BCUT2D eigenvalue weighted by atomic mass is 35.5. The number of rotatable bonds is 7. The van der Waals surface area contributed by atoms with E-state index in [9.17, 15) is 14.9 Å². The number of nitrogens with zero attached hydrogens (tertiary/aromatic N) is 1. The summed E-state index contributed by atoms with van der Waals surface area (Å²) in [6.45, 7) is 0.537. The first-order chi connectivity index (χ1) is 9.06. The van der Waals surface area contributed by atoms with Crippen molar-refractivity contribution in [2.45, 2.75) is 19.3 Å². The van der Waals surface area contributed by atoms with Crippen molar-refractivity contribution in [3.05, 3.63) is 38.9 Å². The molecular formula is C12H15ClN2O4. The first-order valence-electron chi connectivity index (χ1n) is 5.89. The highest BCUT2D eigenvalue weighted by Gasteiger charge is 2.19. The van der Waals surface area contributed by atoms with Crippen molar-refractivity contribution in [2.24, 2.45) is 0 Å². The number of hydrogen-bond acceptors (Lipinski definition) is 4. The predicted octanol–water partition coefficient (Wildman–Crippen LogP) is 2.14. The van der Waals surface area contributed by atoms with Crippen LogP contribution in [-0.2, 0) is 0 Å². The number of nitrogens with one attached hydrogen (secondary N) is 1. The van der Waals surface area contributed by atoms with Crippen molar-refractivity contribution < 1.29 is 14.8 Å². The van der Waals surface area contributed by atoms with Gasteiger partial charge in [-0.25, -0.2) is 0 Å². The zero-order valence-corrected chi connectivity index (χ0v) is 11.0. The molecule has 0 aromatic heterocycles. The van der Waals surface area contributed by atoms with E-state index >= 15 is 0 Å². The molecule has 1 aromatic carbocycles. The van der Waals surface area contributed by atoms with Crippen molar-refractivity contribution in [1.29, 1.82) is 0 Å². The van der Waals surface area contributed by atoms with E-state index in [1.807, 2.05) is 0 Å². The van der Waals surface area contributed by atoms with Gasteiger partial charge >= 0.3 is 0 Å². The minimum atomic E-state index is -0.632. The summed E-state index contributed by atoms with van der Waals surface area (Å²) in [6, 6.07) is 3.93. The average Bonchev–Trinajstić information content (AvgIpc) is 2.38. The topological polar surface area (TPSA) is 92.5 Å². The lowest BCUT2D eigenvalue weighted by Crippen LogP contribution is -2.25. The SMILES string of the molecule is O=C(NCCCCCO)c1ccc(Cl)cc1[N+](=O)[O-]. The fraction of sp³-hybridized carbons (Fsp3) is 0.417. The maximum Gasteiger partial charge on any atom is 0.283 e. The Morgan fingerprint density at radius 2 is 2.11 bits per heavy atom. The smallest absolute Gasteiger partial charge is 0.283 e. The second-order valence-corrected chi connectivity index (χ2v) is 4.40. The second kappa shape index (κ2) is 7.70. The molecule has 0 heterocycles. The molecule has 104 valence electrons. The summed E-state index contributed by atoms with van der Waals surface area (Å²) >= 11 is 5.67. The van der Waals surface area contributed by atoms with Crippen molar-refractivity contribution >= 4 is 23.2 Å². The fourth-order valence-electron chi connectivity index (χ4n) is 1.56. The van der Waals surface area contributed by atoms with E-state index in [4.69, 9.17) is 16.7 Å². The summed E-state index contributed by atoms with van der Waals surface area (Å²) in [7, 11) is 0. The number of nitro benzene ring substituents is 1. The maximum atomic E-state index is 11.8. The third-order valence-electron chi connectivity index (χ3n) is 2.52. The van der Waals surface area contributed by atoms with Crippen molar-refractivity contribution in [1.82, 2.24) is 5.32 Å². The number of hydrogen-bond donors (Lipinski definition) is 2. The number of unbranched alkanes of at least 4 members (excludes halogenated alkanes) is 2. The molecule has 0 spiro atoms. The first-order valence-corrected chi connectivity index (χ1v) is 6.27. The lowest BCUT2D eigenvalue weighted by Gasteiger charge is -2.05. The van der Waals surface area contributed by atoms with E-state index in [1.165, 1.54) is 12.1 Å². The van der Waals surface area contributed by atoms with Gasteiger partial charge in [0.2, 0.25) is 0 Å². The Morgan fingerprint density at radius 1 is 1.37 bits per heavy atom. The van der Waals surface area contributed by atoms with Gasteiger partial charge in [0.1, 0.15) is 5.56 Å². The average molecular weight is 287 g/mol. The van der Waals surface area contributed by atoms with Gasteiger partial charge in [0.25, 0.3) is 11.6 Å². The molecule has 0 saturated carbocycles. The molecule has 1 aromatic rings. The van der Waals surface area contributed by atoms with E-state index in [-0.39, 0.29) is 22.9 Å². The third-order valence-corrected chi connectivity index (χ3v) is 2.76. The molecular weight excluding hydrogens is 272 g/mol. The van der Waals surface area contributed by atoms with Gasteiger partial charge in [-0.15, -0.1) is 0 Å². The van der Waals surface area contributed by atoms with Gasteiger partial charge in [0.05, 0.1) is 4.92 Å². The predicted molar refractivity (Wildman–Crippen MR) is 71.4 cm³/mol. The molecule has 0 unspecified atom stereocenters. The van der Waals surface area contributed by atoms with Gasteiger partial charge in [-0.05, 0) is 31.4 Å². The fourth-order valence-corrected chi connectivity index (χ4v) is 1.72. The Bertz CT molecular complexity index is 465. The third kappa shape index (κ3) is 4.84. The Morgan fingerprint density at radius 3 is 2.74 bits per heavy atom. The largest absolute Gasteiger partial charge is 0.396 e. The van der Waals surface area contributed by atoms with Gasteiger partial charge < -0.3 is 10.4 Å². The van der Waals surface area contributed by atoms with Gasteiger partial charge in [-0.2, -0.15) is 0 Å². The number of aliphatic hydroxyl groups is 1. The minimum absolute atomic E-state index is 0.00319. The lowest BCUT2D eigenvalue weighted by atomic mass is 10.1. The molecule has 0 radical (unpaired) electrons.